The Bertz CT molecular complexity index is 815. The molecule has 0 aliphatic carbocycles. The quantitative estimate of drug-likeness (QED) is 0.767. The maximum Gasteiger partial charge on any atom is 0.153 e. The van der Waals surface area contributed by atoms with E-state index in [4.69, 9.17) is 5.26 Å². The first kappa shape index (κ1) is 12.8. The second kappa shape index (κ2) is 5.43. The van der Waals surface area contributed by atoms with Crippen molar-refractivity contribution in [3.63, 3.8) is 0 Å². The standard InChI is InChI=1S/C15H12N6/c1-10-5-14(21-20-10)19-15-9-17-8-13(18-15)12-4-2-3-11(6-12)7-16/h2-6,8-9H,1H3,(H2,18,19,20,21). The van der Waals surface area contributed by atoms with Crippen LogP contribution in [0.3, 0.4) is 0 Å². The van der Waals surface area contributed by atoms with Crippen molar-refractivity contribution in [2.75, 3.05) is 5.32 Å². The molecule has 0 bridgehead atoms. The third-order valence-electron chi connectivity index (χ3n) is 2.88. The molecule has 0 aliphatic rings. The van der Waals surface area contributed by atoms with Gasteiger partial charge in [-0.2, -0.15) is 10.4 Å². The van der Waals surface area contributed by atoms with Gasteiger partial charge in [-0.05, 0) is 19.1 Å². The van der Waals surface area contributed by atoms with E-state index in [1.54, 1.807) is 24.5 Å². The first-order valence-electron chi connectivity index (χ1n) is 6.36. The number of hydrogen-bond acceptors (Lipinski definition) is 5. The highest BCUT2D eigenvalue weighted by Crippen LogP contribution is 2.20. The minimum Gasteiger partial charge on any atom is -0.322 e. The summed E-state index contributed by atoms with van der Waals surface area (Å²) in [6.45, 7) is 1.92. The fourth-order valence-corrected chi connectivity index (χ4v) is 1.93. The monoisotopic (exact) mass is 276 g/mol. The van der Waals surface area contributed by atoms with Gasteiger partial charge < -0.3 is 5.32 Å². The molecular weight excluding hydrogens is 264 g/mol. The average molecular weight is 276 g/mol. The van der Waals surface area contributed by atoms with Crippen LogP contribution in [0.2, 0.25) is 0 Å². The molecule has 1 aromatic carbocycles. The number of aromatic nitrogens is 4. The minimum atomic E-state index is 0.593. The van der Waals surface area contributed by atoms with E-state index in [-0.39, 0.29) is 0 Å². The molecule has 0 atom stereocenters. The Balaban J connectivity index is 1.90. The number of hydrogen-bond donors (Lipinski definition) is 2. The van der Waals surface area contributed by atoms with Crippen molar-refractivity contribution in [3.05, 3.63) is 54.0 Å². The summed E-state index contributed by atoms with van der Waals surface area (Å²) in [5.41, 5.74) is 3.10. The van der Waals surface area contributed by atoms with Gasteiger partial charge in [-0.25, -0.2) is 4.98 Å². The smallest absolute Gasteiger partial charge is 0.153 e. The van der Waals surface area contributed by atoms with Gasteiger partial charge in [0, 0.05) is 17.3 Å². The lowest BCUT2D eigenvalue weighted by Gasteiger charge is -2.05. The number of aromatic amines is 1. The Kier molecular flexibility index (Phi) is 3.31. The van der Waals surface area contributed by atoms with Crippen molar-refractivity contribution in [2.45, 2.75) is 6.92 Å². The summed E-state index contributed by atoms with van der Waals surface area (Å²) in [5, 5.41) is 19.0. The molecule has 3 rings (SSSR count). The summed E-state index contributed by atoms with van der Waals surface area (Å²) in [6.07, 6.45) is 3.29. The highest BCUT2D eigenvalue weighted by molar-refractivity contribution is 5.63. The summed E-state index contributed by atoms with van der Waals surface area (Å²) in [6, 6.07) is 11.3. The predicted molar refractivity (Wildman–Crippen MR) is 78.8 cm³/mol. The zero-order valence-electron chi connectivity index (χ0n) is 11.3. The number of nitrogens with zero attached hydrogens (tertiary/aromatic N) is 4. The summed E-state index contributed by atoms with van der Waals surface area (Å²) in [4.78, 5) is 8.66. The minimum absolute atomic E-state index is 0.593. The fraction of sp³-hybridized carbons (Fsp3) is 0.0667. The SMILES string of the molecule is Cc1cc(Nc2cncc(-c3cccc(C#N)c3)n2)n[nH]1. The number of aryl methyl sites for hydroxylation is 1. The van der Waals surface area contributed by atoms with Crippen molar-refractivity contribution in [1.29, 1.82) is 5.26 Å². The molecule has 3 aromatic rings. The van der Waals surface area contributed by atoms with Crippen molar-refractivity contribution < 1.29 is 0 Å². The molecule has 0 unspecified atom stereocenters. The number of nitrogens with one attached hydrogen (secondary N) is 2. The van der Waals surface area contributed by atoms with Gasteiger partial charge in [-0.15, -0.1) is 0 Å². The Labute approximate surface area is 121 Å². The van der Waals surface area contributed by atoms with Crippen LogP contribution in [0.4, 0.5) is 11.6 Å². The number of anilines is 2. The molecule has 6 nitrogen and oxygen atoms in total. The molecule has 2 aromatic heterocycles. The van der Waals surface area contributed by atoms with Gasteiger partial charge in [-0.3, -0.25) is 10.1 Å². The lowest BCUT2D eigenvalue weighted by atomic mass is 10.1. The molecule has 6 heteroatoms. The van der Waals surface area contributed by atoms with Crippen LogP contribution in [0.1, 0.15) is 11.3 Å². The van der Waals surface area contributed by atoms with Crippen LogP contribution < -0.4 is 5.32 Å². The Morgan fingerprint density at radius 2 is 2.10 bits per heavy atom. The predicted octanol–water partition coefficient (Wildman–Crippen LogP) is 2.79. The third kappa shape index (κ3) is 2.87. The van der Waals surface area contributed by atoms with Gasteiger partial charge in [0.25, 0.3) is 0 Å². The molecule has 102 valence electrons. The lowest BCUT2D eigenvalue weighted by Crippen LogP contribution is -1.96. The first-order valence-corrected chi connectivity index (χ1v) is 6.36. The number of rotatable bonds is 3. The summed E-state index contributed by atoms with van der Waals surface area (Å²) in [7, 11) is 0. The van der Waals surface area contributed by atoms with E-state index in [1.807, 2.05) is 25.1 Å². The van der Waals surface area contributed by atoms with Crippen LogP contribution in [-0.2, 0) is 0 Å². The lowest BCUT2D eigenvalue weighted by molar-refractivity contribution is 1.05. The summed E-state index contributed by atoms with van der Waals surface area (Å²) < 4.78 is 0. The maximum atomic E-state index is 8.95. The fourth-order valence-electron chi connectivity index (χ4n) is 1.93. The molecule has 0 radical (unpaired) electrons. The van der Waals surface area contributed by atoms with E-state index >= 15 is 0 Å². The van der Waals surface area contributed by atoms with E-state index in [1.165, 1.54) is 0 Å². The number of nitriles is 1. The van der Waals surface area contributed by atoms with Gasteiger partial charge in [0.15, 0.2) is 11.6 Å². The Morgan fingerprint density at radius 1 is 1.19 bits per heavy atom. The number of H-pyrrole nitrogens is 1. The van der Waals surface area contributed by atoms with Crippen molar-refractivity contribution in [1.82, 2.24) is 20.2 Å². The van der Waals surface area contributed by atoms with Crippen molar-refractivity contribution in [2.24, 2.45) is 0 Å². The van der Waals surface area contributed by atoms with Crippen LogP contribution in [0.5, 0.6) is 0 Å². The molecule has 2 heterocycles. The Hall–Kier alpha value is -3.20. The largest absolute Gasteiger partial charge is 0.322 e. The topological polar surface area (TPSA) is 90.3 Å². The molecule has 0 amide bonds. The molecule has 2 N–H and O–H groups in total. The molecular formula is C15H12N6. The van der Waals surface area contributed by atoms with E-state index < -0.39 is 0 Å². The first-order chi connectivity index (χ1) is 10.2. The van der Waals surface area contributed by atoms with Crippen LogP contribution in [-0.4, -0.2) is 20.2 Å². The zero-order valence-corrected chi connectivity index (χ0v) is 11.3. The van der Waals surface area contributed by atoms with Crippen LogP contribution in [0.15, 0.2) is 42.7 Å². The average Bonchev–Trinajstić information content (AvgIpc) is 2.93. The van der Waals surface area contributed by atoms with Crippen molar-refractivity contribution >= 4 is 11.6 Å². The van der Waals surface area contributed by atoms with Crippen LogP contribution in [0.25, 0.3) is 11.3 Å². The molecule has 0 fully saturated rings. The normalized spacial score (nSPS) is 10.1. The van der Waals surface area contributed by atoms with Crippen LogP contribution in [0, 0.1) is 18.3 Å². The Morgan fingerprint density at radius 3 is 2.86 bits per heavy atom. The van der Waals surface area contributed by atoms with Crippen molar-refractivity contribution in [3.8, 4) is 17.3 Å². The van der Waals surface area contributed by atoms with E-state index in [2.05, 4.69) is 31.6 Å². The highest BCUT2D eigenvalue weighted by atomic mass is 15.2. The highest BCUT2D eigenvalue weighted by Gasteiger charge is 2.05. The number of benzene rings is 1. The maximum absolute atomic E-state index is 8.95. The summed E-state index contributed by atoms with van der Waals surface area (Å²) in [5.74, 6) is 1.28. The summed E-state index contributed by atoms with van der Waals surface area (Å²) >= 11 is 0. The van der Waals surface area contributed by atoms with E-state index in [9.17, 15) is 0 Å². The van der Waals surface area contributed by atoms with Gasteiger partial charge in [0.05, 0.1) is 29.7 Å². The van der Waals surface area contributed by atoms with Gasteiger partial charge in [0.2, 0.25) is 0 Å². The van der Waals surface area contributed by atoms with Crippen LogP contribution >= 0.6 is 0 Å². The molecule has 0 saturated heterocycles. The molecule has 0 saturated carbocycles. The second-order valence-corrected chi connectivity index (χ2v) is 4.54. The van der Waals surface area contributed by atoms with Gasteiger partial charge >= 0.3 is 0 Å². The zero-order chi connectivity index (χ0) is 14.7. The van der Waals surface area contributed by atoms with Gasteiger partial charge in [-0.1, -0.05) is 12.1 Å². The molecule has 0 spiro atoms. The van der Waals surface area contributed by atoms with E-state index in [0.29, 0.717) is 22.9 Å². The molecule has 21 heavy (non-hydrogen) atoms. The molecule has 0 aliphatic heterocycles. The second-order valence-electron chi connectivity index (χ2n) is 4.54. The third-order valence-corrected chi connectivity index (χ3v) is 2.88. The van der Waals surface area contributed by atoms with E-state index in [0.717, 1.165) is 11.3 Å². The van der Waals surface area contributed by atoms with Gasteiger partial charge in [0.1, 0.15) is 0 Å².